The van der Waals surface area contributed by atoms with Gasteiger partial charge >= 0.3 is 0 Å². The summed E-state index contributed by atoms with van der Waals surface area (Å²) in [5.74, 6) is 1.83. The predicted octanol–water partition coefficient (Wildman–Crippen LogP) is 4.10. The van der Waals surface area contributed by atoms with E-state index in [0.29, 0.717) is 28.9 Å². The zero-order valence-corrected chi connectivity index (χ0v) is 17.7. The number of benzene rings is 2. The summed E-state index contributed by atoms with van der Waals surface area (Å²) in [7, 11) is 3.13. The molecule has 152 valence electrons. The van der Waals surface area contributed by atoms with Crippen LogP contribution in [0.15, 0.2) is 53.7 Å². The van der Waals surface area contributed by atoms with E-state index in [1.54, 1.807) is 32.4 Å². The second-order valence-electron chi connectivity index (χ2n) is 6.24. The summed E-state index contributed by atoms with van der Waals surface area (Å²) in [5, 5.41) is 11.9. The van der Waals surface area contributed by atoms with Crippen LogP contribution in [0.5, 0.6) is 11.5 Å². The van der Waals surface area contributed by atoms with E-state index in [0.717, 1.165) is 11.4 Å². The highest BCUT2D eigenvalue weighted by Gasteiger charge is 2.20. The SMILES string of the molecule is CCn1c(S[C@@H](C)C(=O)Nc2ccc(OC)c(OC)c2)nnc1-c1ccccc1. The smallest absolute Gasteiger partial charge is 0.237 e. The largest absolute Gasteiger partial charge is 0.493 e. The zero-order valence-electron chi connectivity index (χ0n) is 16.9. The second-order valence-corrected chi connectivity index (χ2v) is 7.54. The molecule has 0 spiro atoms. The third kappa shape index (κ3) is 4.71. The van der Waals surface area contributed by atoms with Gasteiger partial charge in [0.2, 0.25) is 5.91 Å². The topological polar surface area (TPSA) is 78.3 Å². The summed E-state index contributed by atoms with van der Waals surface area (Å²) in [6.07, 6.45) is 0. The number of nitrogens with zero attached hydrogens (tertiary/aromatic N) is 3. The molecule has 1 amide bonds. The average molecular weight is 413 g/mol. The summed E-state index contributed by atoms with van der Waals surface area (Å²) >= 11 is 1.38. The van der Waals surface area contributed by atoms with Crippen LogP contribution in [-0.4, -0.2) is 40.1 Å². The lowest BCUT2D eigenvalue weighted by Crippen LogP contribution is -2.23. The Morgan fingerprint density at radius 3 is 2.48 bits per heavy atom. The number of methoxy groups -OCH3 is 2. The number of amides is 1. The second kappa shape index (κ2) is 9.47. The van der Waals surface area contributed by atoms with Crippen LogP contribution in [0.1, 0.15) is 13.8 Å². The molecule has 0 aliphatic heterocycles. The first-order valence-electron chi connectivity index (χ1n) is 9.25. The molecule has 0 aliphatic carbocycles. The van der Waals surface area contributed by atoms with Crippen molar-refractivity contribution in [3.05, 3.63) is 48.5 Å². The molecule has 0 fully saturated rings. The molecule has 2 aromatic carbocycles. The molecule has 3 aromatic rings. The number of nitrogens with one attached hydrogen (secondary N) is 1. The molecular formula is C21H24N4O3S. The van der Waals surface area contributed by atoms with Crippen molar-refractivity contribution in [2.45, 2.75) is 30.8 Å². The molecule has 7 nitrogen and oxygen atoms in total. The number of thioether (sulfide) groups is 1. The molecule has 3 rings (SSSR count). The van der Waals surface area contributed by atoms with Gasteiger partial charge < -0.3 is 19.4 Å². The third-order valence-corrected chi connectivity index (χ3v) is 5.45. The Hall–Kier alpha value is -3.00. The first kappa shape index (κ1) is 20.7. The molecule has 0 aliphatic rings. The Morgan fingerprint density at radius 2 is 1.83 bits per heavy atom. The molecule has 0 saturated carbocycles. The van der Waals surface area contributed by atoms with Gasteiger partial charge in [-0.15, -0.1) is 10.2 Å². The maximum absolute atomic E-state index is 12.7. The molecule has 0 unspecified atom stereocenters. The van der Waals surface area contributed by atoms with E-state index in [2.05, 4.69) is 15.5 Å². The van der Waals surface area contributed by atoms with E-state index in [-0.39, 0.29) is 11.2 Å². The summed E-state index contributed by atoms with van der Waals surface area (Å²) in [4.78, 5) is 12.7. The van der Waals surface area contributed by atoms with Crippen LogP contribution in [0.3, 0.4) is 0 Å². The fourth-order valence-electron chi connectivity index (χ4n) is 2.83. The Morgan fingerprint density at radius 1 is 1.10 bits per heavy atom. The molecule has 1 aromatic heterocycles. The fourth-order valence-corrected chi connectivity index (χ4v) is 3.74. The minimum atomic E-state index is -0.360. The number of anilines is 1. The van der Waals surface area contributed by atoms with Crippen molar-refractivity contribution < 1.29 is 14.3 Å². The Kier molecular flexibility index (Phi) is 6.77. The monoisotopic (exact) mass is 412 g/mol. The molecule has 1 N–H and O–H groups in total. The summed E-state index contributed by atoms with van der Waals surface area (Å²) < 4.78 is 12.5. The lowest BCUT2D eigenvalue weighted by atomic mass is 10.2. The highest BCUT2D eigenvalue weighted by molar-refractivity contribution is 8.00. The minimum Gasteiger partial charge on any atom is -0.493 e. The van der Waals surface area contributed by atoms with Gasteiger partial charge in [0, 0.05) is 23.9 Å². The van der Waals surface area contributed by atoms with Crippen LogP contribution in [0, 0.1) is 0 Å². The van der Waals surface area contributed by atoms with E-state index in [1.807, 2.05) is 48.7 Å². The lowest BCUT2D eigenvalue weighted by molar-refractivity contribution is -0.115. The van der Waals surface area contributed by atoms with Crippen LogP contribution in [0.25, 0.3) is 11.4 Å². The molecule has 0 saturated heterocycles. The van der Waals surface area contributed by atoms with Crippen LogP contribution in [0.2, 0.25) is 0 Å². The van der Waals surface area contributed by atoms with E-state index < -0.39 is 0 Å². The van der Waals surface area contributed by atoms with Crippen molar-refractivity contribution in [1.29, 1.82) is 0 Å². The first-order chi connectivity index (χ1) is 14.1. The van der Waals surface area contributed by atoms with E-state index in [9.17, 15) is 4.79 Å². The molecule has 29 heavy (non-hydrogen) atoms. The maximum atomic E-state index is 12.7. The molecule has 0 radical (unpaired) electrons. The molecule has 1 atom stereocenters. The van der Waals surface area contributed by atoms with Gasteiger partial charge in [0.1, 0.15) is 0 Å². The average Bonchev–Trinajstić information content (AvgIpc) is 3.16. The summed E-state index contributed by atoms with van der Waals surface area (Å²) in [6, 6.07) is 15.2. The molecule has 8 heteroatoms. The van der Waals surface area contributed by atoms with Gasteiger partial charge in [-0.2, -0.15) is 0 Å². The highest BCUT2D eigenvalue weighted by atomic mass is 32.2. The van der Waals surface area contributed by atoms with Gasteiger partial charge in [-0.25, -0.2) is 0 Å². The fraction of sp³-hybridized carbons (Fsp3) is 0.286. The molecular weight excluding hydrogens is 388 g/mol. The Bertz CT molecular complexity index is 975. The number of carbonyl (C=O) groups is 1. The van der Waals surface area contributed by atoms with Crippen molar-refractivity contribution in [3.63, 3.8) is 0 Å². The van der Waals surface area contributed by atoms with E-state index in [1.165, 1.54) is 11.8 Å². The van der Waals surface area contributed by atoms with Gasteiger partial charge in [-0.1, -0.05) is 42.1 Å². The third-order valence-electron chi connectivity index (χ3n) is 4.37. The van der Waals surface area contributed by atoms with Gasteiger partial charge in [0.05, 0.1) is 19.5 Å². The molecule has 1 heterocycles. The van der Waals surface area contributed by atoms with Crippen LogP contribution < -0.4 is 14.8 Å². The number of carbonyl (C=O) groups excluding carboxylic acids is 1. The number of hydrogen-bond donors (Lipinski definition) is 1. The highest BCUT2D eigenvalue weighted by Crippen LogP contribution is 2.31. The van der Waals surface area contributed by atoms with Gasteiger partial charge in [0.25, 0.3) is 0 Å². The van der Waals surface area contributed by atoms with E-state index in [4.69, 9.17) is 9.47 Å². The number of aromatic nitrogens is 3. The van der Waals surface area contributed by atoms with Crippen molar-refractivity contribution in [2.75, 3.05) is 19.5 Å². The quantitative estimate of drug-likeness (QED) is 0.561. The normalized spacial score (nSPS) is 11.7. The van der Waals surface area contributed by atoms with Gasteiger partial charge in [-0.3, -0.25) is 4.79 Å². The van der Waals surface area contributed by atoms with Crippen LogP contribution >= 0.6 is 11.8 Å². The zero-order chi connectivity index (χ0) is 20.8. The number of rotatable bonds is 8. The number of ether oxygens (including phenoxy) is 2. The lowest BCUT2D eigenvalue weighted by Gasteiger charge is -2.14. The predicted molar refractivity (Wildman–Crippen MR) is 115 cm³/mol. The minimum absolute atomic E-state index is 0.130. The number of hydrogen-bond acceptors (Lipinski definition) is 6. The van der Waals surface area contributed by atoms with Crippen LogP contribution in [0.4, 0.5) is 5.69 Å². The maximum Gasteiger partial charge on any atom is 0.237 e. The summed E-state index contributed by atoms with van der Waals surface area (Å²) in [5.41, 5.74) is 1.64. The van der Waals surface area contributed by atoms with Crippen molar-refractivity contribution in [2.24, 2.45) is 0 Å². The first-order valence-corrected chi connectivity index (χ1v) is 10.1. The van der Waals surface area contributed by atoms with Crippen molar-refractivity contribution in [3.8, 4) is 22.9 Å². The van der Waals surface area contributed by atoms with Gasteiger partial charge in [-0.05, 0) is 26.0 Å². The van der Waals surface area contributed by atoms with Crippen molar-refractivity contribution >= 4 is 23.4 Å². The summed E-state index contributed by atoms with van der Waals surface area (Å²) in [6.45, 7) is 4.59. The Balaban J connectivity index is 1.72. The van der Waals surface area contributed by atoms with E-state index >= 15 is 0 Å². The van der Waals surface area contributed by atoms with Crippen molar-refractivity contribution in [1.82, 2.24) is 14.8 Å². The molecule has 0 bridgehead atoms. The standard InChI is InChI=1S/C21H24N4O3S/c1-5-25-19(15-9-7-6-8-10-15)23-24-21(25)29-14(2)20(26)22-16-11-12-17(27-3)18(13-16)28-4/h6-14H,5H2,1-4H3,(H,22,26)/t14-/m0/s1. The van der Waals surface area contributed by atoms with Crippen LogP contribution in [-0.2, 0) is 11.3 Å². The Labute approximate surface area is 174 Å². The van der Waals surface area contributed by atoms with Gasteiger partial charge in [0.15, 0.2) is 22.5 Å².